The van der Waals surface area contributed by atoms with Crippen LogP contribution in [0.4, 0.5) is 0 Å². The van der Waals surface area contributed by atoms with E-state index in [-0.39, 0.29) is 12.2 Å². The third kappa shape index (κ3) is 3.83. The molecular formula is C11H17NO4S. The molecule has 2 aliphatic heterocycles. The molecule has 0 aromatic heterocycles. The fourth-order valence-electron chi connectivity index (χ4n) is 1.26. The van der Waals surface area contributed by atoms with Crippen LogP contribution in [0.5, 0.6) is 0 Å². The van der Waals surface area contributed by atoms with Crippen LogP contribution in [0.2, 0.25) is 0 Å². The van der Waals surface area contributed by atoms with Gasteiger partial charge in [0.15, 0.2) is 6.29 Å². The molecule has 1 fully saturated rings. The molecule has 1 saturated heterocycles. The number of ether oxygens (including phenoxy) is 2. The highest BCUT2D eigenvalue weighted by Gasteiger charge is 2.37. The van der Waals surface area contributed by atoms with Crippen molar-refractivity contribution >= 4 is 24.0 Å². The molecule has 2 heterocycles. The molecule has 2 aliphatic rings. The van der Waals surface area contributed by atoms with Gasteiger partial charge in [0.25, 0.3) is 0 Å². The Bertz CT molecular complexity index is 315. The summed E-state index contributed by atoms with van der Waals surface area (Å²) < 4.78 is 9.35. The molecule has 17 heavy (non-hydrogen) atoms. The van der Waals surface area contributed by atoms with Crippen LogP contribution in [-0.2, 0) is 19.1 Å². The number of amides is 1. The van der Waals surface area contributed by atoms with Gasteiger partial charge in [-0.15, -0.1) is 11.8 Å². The van der Waals surface area contributed by atoms with Crippen molar-refractivity contribution in [1.82, 2.24) is 4.90 Å². The molecular weight excluding hydrogens is 242 g/mol. The third-order valence-corrected chi connectivity index (χ3v) is 3.79. The molecule has 0 bridgehead atoms. The summed E-state index contributed by atoms with van der Waals surface area (Å²) >= 11 is 1.65. The lowest BCUT2D eigenvalue weighted by molar-refractivity contribution is -0.137. The number of hydrogen-bond acceptors (Lipinski definition) is 5. The zero-order valence-corrected chi connectivity index (χ0v) is 11.0. The van der Waals surface area contributed by atoms with E-state index in [1.807, 2.05) is 6.92 Å². The molecule has 0 aromatic carbocycles. The number of thioether (sulfide) groups is 1. The molecule has 5 nitrogen and oxygen atoms in total. The maximum atomic E-state index is 10.9. The van der Waals surface area contributed by atoms with Gasteiger partial charge in [0.2, 0.25) is 5.91 Å². The molecule has 0 spiro atoms. The zero-order valence-electron chi connectivity index (χ0n) is 10.2. The van der Waals surface area contributed by atoms with E-state index in [0.717, 1.165) is 12.0 Å². The highest BCUT2D eigenvalue weighted by atomic mass is 32.2. The molecule has 1 amide bonds. The highest BCUT2D eigenvalue weighted by Crippen LogP contribution is 2.34. The van der Waals surface area contributed by atoms with Crippen LogP contribution < -0.4 is 0 Å². The second kappa shape index (κ2) is 6.78. The highest BCUT2D eigenvalue weighted by molar-refractivity contribution is 8.00. The van der Waals surface area contributed by atoms with Gasteiger partial charge >= 0.3 is 0 Å². The van der Waals surface area contributed by atoms with Crippen LogP contribution in [0.15, 0.2) is 11.8 Å². The number of β-lactam (4-membered cyclic amide) rings is 1. The van der Waals surface area contributed by atoms with Crippen molar-refractivity contribution in [2.24, 2.45) is 0 Å². The van der Waals surface area contributed by atoms with E-state index in [1.54, 1.807) is 37.1 Å². The van der Waals surface area contributed by atoms with Crippen LogP contribution >= 0.6 is 11.8 Å². The maximum Gasteiger partial charge on any atom is 0.230 e. The number of nitrogens with zero attached hydrogens (tertiary/aromatic N) is 1. The average molecular weight is 259 g/mol. The lowest BCUT2D eigenvalue weighted by atomic mass is 10.2. The smallest absolute Gasteiger partial charge is 0.230 e. The predicted molar refractivity (Wildman–Crippen MR) is 65.3 cm³/mol. The van der Waals surface area contributed by atoms with Gasteiger partial charge in [-0.05, 0) is 6.92 Å². The lowest BCUT2D eigenvalue weighted by Crippen LogP contribution is -2.49. The Balaban J connectivity index is 0.000000209. The van der Waals surface area contributed by atoms with E-state index in [0.29, 0.717) is 17.4 Å². The van der Waals surface area contributed by atoms with Gasteiger partial charge in [0.05, 0.1) is 11.8 Å². The number of hydrogen-bond donors (Lipinski definition) is 0. The van der Waals surface area contributed by atoms with Gasteiger partial charge in [0, 0.05) is 31.7 Å². The first-order valence-corrected chi connectivity index (χ1v) is 6.31. The molecule has 0 radical (unpaired) electrons. The van der Waals surface area contributed by atoms with Crippen LogP contribution in [-0.4, -0.2) is 48.7 Å². The minimum Gasteiger partial charge on any atom is -0.356 e. The van der Waals surface area contributed by atoms with E-state index >= 15 is 0 Å². The quantitative estimate of drug-likeness (QED) is 0.430. The van der Waals surface area contributed by atoms with Gasteiger partial charge < -0.3 is 14.4 Å². The Hall–Kier alpha value is -0.850. The van der Waals surface area contributed by atoms with Gasteiger partial charge in [-0.25, -0.2) is 0 Å². The monoisotopic (exact) mass is 259 g/mol. The van der Waals surface area contributed by atoms with Crippen molar-refractivity contribution in [2.45, 2.75) is 25.0 Å². The molecule has 96 valence electrons. The molecule has 1 atom stereocenters. The molecule has 0 saturated carbocycles. The Morgan fingerprint density at radius 1 is 1.53 bits per heavy atom. The Morgan fingerprint density at radius 3 is 2.59 bits per heavy atom. The Labute approximate surface area is 105 Å². The summed E-state index contributed by atoms with van der Waals surface area (Å²) in [4.78, 5) is 22.8. The summed E-state index contributed by atoms with van der Waals surface area (Å²) in [5, 5.41) is 0.311. The minimum atomic E-state index is -0.0648. The van der Waals surface area contributed by atoms with Gasteiger partial charge in [-0.3, -0.25) is 9.59 Å². The molecule has 6 heteroatoms. The topological polar surface area (TPSA) is 55.8 Å². The summed E-state index contributed by atoms with van der Waals surface area (Å²) in [5.74, 6) is 0.874. The molecule has 0 aromatic rings. The second-order valence-electron chi connectivity index (χ2n) is 3.63. The Morgan fingerprint density at radius 2 is 2.18 bits per heavy atom. The number of carbonyl (C=O) groups excluding carboxylic acids is 2. The van der Waals surface area contributed by atoms with Gasteiger partial charge in [0.1, 0.15) is 6.29 Å². The zero-order chi connectivity index (χ0) is 12.8. The minimum absolute atomic E-state index is 0.0648. The number of fused-ring (bicyclic) bond motifs is 1. The van der Waals surface area contributed by atoms with Crippen molar-refractivity contribution in [3.05, 3.63) is 11.8 Å². The van der Waals surface area contributed by atoms with Gasteiger partial charge in [-0.1, -0.05) is 0 Å². The Kier molecular flexibility index (Phi) is 5.67. The van der Waals surface area contributed by atoms with Crippen molar-refractivity contribution < 1.29 is 19.1 Å². The van der Waals surface area contributed by atoms with Crippen LogP contribution in [0, 0.1) is 0 Å². The molecule has 0 aliphatic carbocycles. The van der Waals surface area contributed by atoms with Crippen LogP contribution in [0.3, 0.4) is 0 Å². The maximum absolute atomic E-state index is 10.9. The van der Waals surface area contributed by atoms with E-state index in [4.69, 9.17) is 0 Å². The van der Waals surface area contributed by atoms with E-state index in [1.165, 1.54) is 0 Å². The SMILES string of the molecule is COC(C)OC.O=CC1=CN2C(=O)C[C@H]2SC1. The average Bonchev–Trinajstić information content (AvgIpc) is 2.37. The first-order valence-electron chi connectivity index (χ1n) is 5.26. The van der Waals surface area contributed by atoms with E-state index < -0.39 is 0 Å². The van der Waals surface area contributed by atoms with Crippen molar-refractivity contribution in [2.75, 3.05) is 20.0 Å². The molecule has 0 unspecified atom stereocenters. The second-order valence-corrected chi connectivity index (χ2v) is 4.80. The summed E-state index contributed by atoms with van der Waals surface area (Å²) in [7, 11) is 3.21. The normalized spacial score (nSPS) is 22.1. The number of carbonyl (C=O) groups is 2. The van der Waals surface area contributed by atoms with Crippen molar-refractivity contribution in [1.29, 1.82) is 0 Å². The molecule has 2 rings (SSSR count). The third-order valence-electron chi connectivity index (χ3n) is 2.51. The van der Waals surface area contributed by atoms with Gasteiger partial charge in [-0.2, -0.15) is 0 Å². The fourth-order valence-corrected chi connectivity index (χ4v) is 2.39. The lowest BCUT2D eigenvalue weighted by Gasteiger charge is -2.40. The summed E-state index contributed by atoms with van der Waals surface area (Å²) in [5.41, 5.74) is 0.708. The standard InChI is InChI=1S/C7H7NO2S.C4H10O2/c9-3-5-2-8-6(10)1-7(8)11-4-5;1-4(5-2)6-3/h2-3,7H,1,4H2;4H,1-3H3/t7-;/m1./s1. The van der Waals surface area contributed by atoms with Crippen molar-refractivity contribution in [3.63, 3.8) is 0 Å². The fraction of sp³-hybridized carbons (Fsp3) is 0.636. The van der Waals surface area contributed by atoms with Crippen molar-refractivity contribution in [3.8, 4) is 0 Å². The number of aldehydes is 1. The first kappa shape index (κ1) is 14.2. The predicted octanol–water partition coefficient (Wildman–Crippen LogP) is 1.000. The van der Waals surface area contributed by atoms with Crippen LogP contribution in [0.25, 0.3) is 0 Å². The summed E-state index contributed by atoms with van der Waals surface area (Å²) in [6, 6.07) is 0. The summed E-state index contributed by atoms with van der Waals surface area (Å²) in [6.45, 7) is 1.83. The van der Waals surface area contributed by atoms with E-state index in [9.17, 15) is 9.59 Å². The largest absolute Gasteiger partial charge is 0.356 e. The van der Waals surface area contributed by atoms with Crippen LogP contribution in [0.1, 0.15) is 13.3 Å². The molecule has 0 N–H and O–H groups in total. The number of methoxy groups -OCH3 is 2. The number of rotatable bonds is 3. The summed E-state index contributed by atoms with van der Waals surface area (Å²) in [6.07, 6.45) is 3.05. The van der Waals surface area contributed by atoms with E-state index in [2.05, 4.69) is 9.47 Å². The first-order chi connectivity index (χ1) is 8.12.